The Balaban J connectivity index is 1.67. The number of thiophene rings is 1. The van der Waals surface area contributed by atoms with Gasteiger partial charge in [-0.05, 0) is 43.7 Å². The van der Waals surface area contributed by atoms with E-state index >= 15 is 0 Å². The van der Waals surface area contributed by atoms with Crippen molar-refractivity contribution in [1.82, 2.24) is 15.1 Å². The molecule has 1 amide bonds. The summed E-state index contributed by atoms with van der Waals surface area (Å²) in [5.74, 6) is -0.0208. The van der Waals surface area contributed by atoms with Crippen molar-refractivity contribution in [2.45, 2.75) is 65.0 Å². The minimum atomic E-state index is -0.395. The first-order valence-corrected chi connectivity index (χ1v) is 9.90. The maximum absolute atomic E-state index is 12.5. The third kappa shape index (κ3) is 4.12. The molecule has 1 N–H and O–H groups in total. The van der Waals surface area contributed by atoms with Crippen LogP contribution in [0.1, 0.15) is 65.1 Å². The lowest BCUT2D eigenvalue weighted by Crippen LogP contribution is -2.33. The third-order valence-electron chi connectivity index (χ3n) is 4.93. The van der Waals surface area contributed by atoms with Crippen molar-refractivity contribution >= 4 is 22.9 Å². The van der Waals surface area contributed by atoms with Gasteiger partial charge in [-0.15, -0.1) is 11.3 Å². The van der Waals surface area contributed by atoms with Gasteiger partial charge in [0.1, 0.15) is 11.4 Å². The first-order valence-electron chi connectivity index (χ1n) is 9.02. The second-order valence-electron chi connectivity index (χ2n) is 6.92. The van der Waals surface area contributed by atoms with Gasteiger partial charge in [-0.1, -0.05) is 25.7 Å². The van der Waals surface area contributed by atoms with Gasteiger partial charge in [0, 0.05) is 6.04 Å². The highest BCUT2D eigenvalue weighted by atomic mass is 32.1. The van der Waals surface area contributed by atoms with Crippen molar-refractivity contribution < 1.29 is 9.72 Å². The van der Waals surface area contributed by atoms with Crippen LogP contribution in [0.25, 0.3) is 0 Å². The topological polar surface area (TPSA) is 90.1 Å². The summed E-state index contributed by atoms with van der Waals surface area (Å²) in [6.07, 6.45) is 6.97. The van der Waals surface area contributed by atoms with Gasteiger partial charge in [0.05, 0.1) is 16.3 Å². The molecule has 2 aromatic heterocycles. The SMILES string of the molecule is Cc1nn(Cc2csc(C(=O)NC3CCCCCC3)c2)c(C)c1[N+](=O)[O-]. The van der Waals surface area contributed by atoms with Crippen LogP contribution in [0.4, 0.5) is 5.69 Å². The molecule has 1 aliphatic carbocycles. The standard InChI is InChI=1S/C18H24N4O3S/c1-12-17(22(24)25)13(2)21(20-12)10-14-9-16(26-11-14)18(23)19-15-7-5-3-4-6-8-15/h9,11,15H,3-8,10H2,1-2H3,(H,19,23). The van der Waals surface area contributed by atoms with Crippen LogP contribution in [0.3, 0.4) is 0 Å². The van der Waals surface area contributed by atoms with Crippen molar-refractivity contribution in [3.8, 4) is 0 Å². The summed E-state index contributed by atoms with van der Waals surface area (Å²) in [4.78, 5) is 23.9. The van der Waals surface area contributed by atoms with Gasteiger partial charge >= 0.3 is 5.69 Å². The zero-order chi connectivity index (χ0) is 18.7. The Morgan fingerprint density at radius 2 is 2.04 bits per heavy atom. The Labute approximate surface area is 156 Å². The molecule has 1 saturated carbocycles. The number of rotatable bonds is 5. The smallest absolute Gasteiger partial charge is 0.312 e. The predicted molar refractivity (Wildman–Crippen MR) is 101 cm³/mol. The monoisotopic (exact) mass is 376 g/mol. The lowest BCUT2D eigenvalue weighted by molar-refractivity contribution is -0.386. The van der Waals surface area contributed by atoms with E-state index in [-0.39, 0.29) is 17.6 Å². The molecule has 0 atom stereocenters. The van der Waals surface area contributed by atoms with Gasteiger partial charge in [0.2, 0.25) is 0 Å². The fourth-order valence-corrected chi connectivity index (χ4v) is 4.34. The average molecular weight is 376 g/mol. The quantitative estimate of drug-likeness (QED) is 0.486. The maximum atomic E-state index is 12.5. The fraction of sp³-hybridized carbons (Fsp3) is 0.556. The molecule has 1 aliphatic rings. The number of carbonyl (C=O) groups excluding carboxylic acids is 1. The normalized spacial score (nSPS) is 15.6. The number of nitrogens with zero attached hydrogens (tertiary/aromatic N) is 3. The number of nitrogens with one attached hydrogen (secondary N) is 1. The second-order valence-corrected chi connectivity index (χ2v) is 7.83. The summed E-state index contributed by atoms with van der Waals surface area (Å²) in [7, 11) is 0. The molecule has 0 aliphatic heterocycles. The molecular weight excluding hydrogens is 352 g/mol. The molecule has 3 rings (SSSR count). The van der Waals surface area contributed by atoms with E-state index in [0.29, 0.717) is 22.8 Å². The molecule has 140 valence electrons. The Bertz CT molecular complexity index is 803. The van der Waals surface area contributed by atoms with E-state index < -0.39 is 4.92 Å². The maximum Gasteiger partial charge on any atom is 0.312 e. The van der Waals surface area contributed by atoms with E-state index in [1.54, 1.807) is 18.5 Å². The Morgan fingerprint density at radius 1 is 1.35 bits per heavy atom. The summed E-state index contributed by atoms with van der Waals surface area (Å²) in [5, 5.41) is 20.5. The van der Waals surface area contributed by atoms with Crippen LogP contribution in [0.15, 0.2) is 11.4 Å². The van der Waals surface area contributed by atoms with E-state index in [1.807, 2.05) is 11.4 Å². The van der Waals surface area contributed by atoms with E-state index in [9.17, 15) is 14.9 Å². The molecule has 2 aromatic rings. The van der Waals surface area contributed by atoms with Crippen molar-refractivity contribution in [2.24, 2.45) is 0 Å². The molecular formula is C18H24N4O3S. The molecule has 0 spiro atoms. The lowest BCUT2D eigenvalue weighted by atomic mass is 10.1. The number of aryl methyl sites for hydroxylation is 1. The second kappa shape index (κ2) is 7.99. The fourth-order valence-electron chi connectivity index (χ4n) is 3.54. The molecule has 0 radical (unpaired) electrons. The van der Waals surface area contributed by atoms with Gasteiger partial charge in [-0.3, -0.25) is 19.6 Å². The molecule has 0 saturated heterocycles. The molecule has 26 heavy (non-hydrogen) atoms. The largest absolute Gasteiger partial charge is 0.349 e. The number of nitro groups is 1. The van der Waals surface area contributed by atoms with Crippen LogP contribution in [-0.2, 0) is 6.54 Å². The van der Waals surface area contributed by atoms with Gasteiger partial charge in [-0.2, -0.15) is 5.10 Å². The summed E-state index contributed by atoms with van der Waals surface area (Å²) in [6.45, 7) is 3.76. The molecule has 7 nitrogen and oxygen atoms in total. The van der Waals surface area contributed by atoms with Crippen LogP contribution in [0, 0.1) is 24.0 Å². The summed E-state index contributed by atoms with van der Waals surface area (Å²) in [5.41, 5.74) is 1.94. The van der Waals surface area contributed by atoms with E-state index in [0.717, 1.165) is 18.4 Å². The number of hydrogen-bond acceptors (Lipinski definition) is 5. The summed E-state index contributed by atoms with van der Waals surface area (Å²) < 4.78 is 1.63. The predicted octanol–water partition coefficient (Wildman–Crippen LogP) is 3.97. The highest BCUT2D eigenvalue weighted by Crippen LogP contribution is 2.24. The summed E-state index contributed by atoms with van der Waals surface area (Å²) >= 11 is 1.41. The van der Waals surface area contributed by atoms with E-state index in [4.69, 9.17) is 0 Å². The zero-order valence-electron chi connectivity index (χ0n) is 15.2. The van der Waals surface area contributed by atoms with Crippen LogP contribution in [-0.4, -0.2) is 26.7 Å². The molecule has 2 heterocycles. The van der Waals surface area contributed by atoms with Crippen molar-refractivity contribution in [3.63, 3.8) is 0 Å². The Kier molecular flexibility index (Phi) is 5.70. The third-order valence-corrected chi connectivity index (χ3v) is 5.90. The molecule has 0 bridgehead atoms. The van der Waals surface area contributed by atoms with Crippen molar-refractivity contribution in [1.29, 1.82) is 0 Å². The number of carbonyl (C=O) groups is 1. The van der Waals surface area contributed by atoms with E-state index in [2.05, 4.69) is 10.4 Å². The van der Waals surface area contributed by atoms with Crippen molar-refractivity contribution in [3.05, 3.63) is 43.4 Å². The zero-order valence-corrected chi connectivity index (χ0v) is 16.0. The molecule has 0 unspecified atom stereocenters. The van der Waals surface area contributed by atoms with E-state index in [1.165, 1.54) is 37.0 Å². The van der Waals surface area contributed by atoms with Crippen LogP contribution in [0.2, 0.25) is 0 Å². The Hall–Kier alpha value is -2.22. The first kappa shape index (κ1) is 18.6. The van der Waals surface area contributed by atoms with Gasteiger partial charge in [-0.25, -0.2) is 0 Å². The highest BCUT2D eigenvalue weighted by molar-refractivity contribution is 7.12. The lowest BCUT2D eigenvalue weighted by Gasteiger charge is -2.15. The Morgan fingerprint density at radius 3 is 2.65 bits per heavy atom. The van der Waals surface area contributed by atoms with Crippen molar-refractivity contribution in [2.75, 3.05) is 0 Å². The van der Waals surface area contributed by atoms with Gasteiger partial charge in [0.25, 0.3) is 5.91 Å². The minimum absolute atomic E-state index is 0.0208. The minimum Gasteiger partial charge on any atom is -0.349 e. The number of aromatic nitrogens is 2. The van der Waals surface area contributed by atoms with Crippen LogP contribution < -0.4 is 5.32 Å². The van der Waals surface area contributed by atoms with Gasteiger partial charge in [0.15, 0.2) is 0 Å². The van der Waals surface area contributed by atoms with Crippen LogP contribution >= 0.6 is 11.3 Å². The van der Waals surface area contributed by atoms with Gasteiger partial charge < -0.3 is 5.32 Å². The molecule has 8 heteroatoms. The number of hydrogen-bond donors (Lipinski definition) is 1. The number of amides is 1. The highest BCUT2D eigenvalue weighted by Gasteiger charge is 2.22. The van der Waals surface area contributed by atoms with Crippen LogP contribution in [0.5, 0.6) is 0 Å². The first-order chi connectivity index (χ1) is 12.5. The molecule has 1 fully saturated rings. The molecule has 0 aromatic carbocycles. The average Bonchev–Trinajstić information content (AvgIpc) is 3.05. The summed E-state index contributed by atoms with van der Waals surface area (Å²) in [6, 6.07) is 2.13.